The molecule has 19 heavy (non-hydrogen) atoms. The van der Waals surface area contributed by atoms with E-state index >= 15 is 0 Å². The quantitative estimate of drug-likeness (QED) is 0.843. The van der Waals surface area contributed by atoms with E-state index in [2.05, 4.69) is 26.1 Å². The van der Waals surface area contributed by atoms with Crippen LogP contribution in [0.5, 0.6) is 0 Å². The molecule has 0 radical (unpaired) electrons. The molecule has 2 rings (SSSR count). The van der Waals surface area contributed by atoms with Gasteiger partial charge in [0.15, 0.2) is 0 Å². The standard InChI is InChI=1S/C14H18BrFN2O/c15-12-5-4-11(10-13(12)16)14(19)17-6-3-9-18-7-1-2-8-18/h4-5,10H,1-3,6-9H2,(H,17,19). The summed E-state index contributed by atoms with van der Waals surface area (Å²) in [5.41, 5.74) is 0.363. The fraction of sp³-hybridized carbons (Fsp3) is 0.500. The second kappa shape index (κ2) is 7.01. The molecule has 0 aliphatic carbocycles. The number of nitrogens with one attached hydrogen (secondary N) is 1. The molecular weight excluding hydrogens is 311 g/mol. The highest BCUT2D eigenvalue weighted by Gasteiger charge is 2.11. The van der Waals surface area contributed by atoms with Gasteiger partial charge in [0.2, 0.25) is 0 Å². The van der Waals surface area contributed by atoms with Gasteiger partial charge in [0.1, 0.15) is 5.82 Å². The largest absolute Gasteiger partial charge is 0.352 e. The average molecular weight is 329 g/mol. The lowest BCUT2D eigenvalue weighted by molar-refractivity contribution is 0.0951. The fourth-order valence-corrected chi connectivity index (χ4v) is 2.50. The van der Waals surface area contributed by atoms with E-state index in [1.54, 1.807) is 12.1 Å². The van der Waals surface area contributed by atoms with Gasteiger partial charge in [-0.25, -0.2) is 4.39 Å². The van der Waals surface area contributed by atoms with Crippen molar-refractivity contribution >= 4 is 21.8 Å². The van der Waals surface area contributed by atoms with Crippen molar-refractivity contribution in [2.75, 3.05) is 26.2 Å². The highest BCUT2D eigenvalue weighted by molar-refractivity contribution is 9.10. The van der Waals surface area contributed by atoms with E-state index in [0.717, 1.165) is 13.0 Å². The second-order valence-corrected chi connectivity index (χ2v) is 5.64. The molecule has 0 saturated carbocycles. The van der Waals surface area contributed by atoms with Crippen molar-refractivity contribution in [3.63, 3.8) is 0 Å². The first-order valence-corrected chi connectivity index (χ1v) is 7.42. The third-order valence-corrected chi connectivity index (χ3v) is 3.96. The topological polar surface area (TPSA) is 32.3 Å². The SMILES string of the molecule is O=C(NCCCN1CCCC1)c1ccc(Br)c(F)c1. The van der Waals surface area contributed by atoms with Gasteiger partial charge in [-0.3, -0.25) is 4.79 Å². The maximum atomic E-state index is 13.3. The molecule has 0 unspecified atom stereocenters. The van der Waals surface area contributed by atoms with Crippen LogP contribution in [-0.2, 0) is 0 Å². The number of halogens is 2. The minimum Gasteiger partial charge on any atom is -0.352 e. The number of likely N-dealkylation sites (tertiary alicyclic amines) is 1. The van der Waals surface area contributed by atoms with Crippen LogP contribution < -0.4 is 5.32 Å². The van der Waals surface area contributed by atoms with Gasteiger partial charge in [0.05, 0.1) is 4.47 Å². The molecule has 1 fully saturated rings. The van der Waals surface area contributed by atoms with E-state index < -0.39 is 5.82 Å². The summed E-state index contributed by atoms with van der Waals surface area (Å²) in [5, 5.41) is 2.82. The van der Waals surface area contributed by atoms with Gasteiger partial charge >= 0.3 is 0 Å². The number of amides is 1. The van der Waals surface area contributed by atoms with Crippen molar-refractivity contribution in [2.45, 2.75) is 19.3 Å². The molecule has 1 N–H and O–H groups in total. The van der Waals surface area contributed by atoms with Crippen LogP contribution in [0.15, 0.2) is 22.7 Å². The number of rotatable bonds is 5. The molecule has 1 saturated heterocycles. The van der Waals surface area contributed by atoms with E-state index in [-0.39, 0.29) is 5.91 Å². The highest BCUT2D eigenvalue weighted by atomic mass is 79.9. The zero-order valence-electron chi connectivity index (χ0n) is 10.8. The van der Waals surface area contributed by atoms with Crippen LogP contribution >= 0.6 is 15.9 Å². The predicted molar refractivity (Wildman–Crippen MR) is 76.7 cm³/mol. The van der Waals surface area contributed by atoms with Crippen molar-refractivity contribution in [3.05, 3.63) is 34.1 Å². The molecule has 104 valence electrons. The van der Waals surface area contributed by atoms with Crippen LogP contribution in [0.2, 0.25) is 0 Å². The molecule has 1 heterocycles. The van der Waals surface area contributed by atoms with E-state index in [0.29, 0.717) is 16.6 Å². The molecule has 1 amide bonds. The van der Waals surface area contributed by atoms with E-state index in [1.807, 2.05) is 0 Å². The molecule has 1 aliphatic heterocycles. The zero-order valence-corrected chi connectivity index (χ0v) is 12.4. The normalized spacial score (nSPS) is 15.7. The van der Waals surface area contributed by atoms with Gasteiger partial charge < -0.3 is 10.2 Å². The summed E-state index contributed by atoms with van der Waals surface area (Å²) in [7, 11) is 0. The molecule has 1 aromatic carbocycles. The Bertz CT molecular complexity index is 447. The number of nitrogens with zero attached hydrogens (tertiary/aromatic N) is 1. The Kier molecular flexibility index (Phi) is 5.34. The maximum Gasteiger partial charge on any atom is 0.251 e. The Morgan fingerprint density at radius 3 is 2.79 bits per heavy atom. The second-order valence-electron chi connectivity index (χ2n) is 4.79. The Morgan fingerprint density at radius 2 is 2.11 bits per heavy atom. The summed E-state index contributed by atoms with van der Waals surface area (Å²) in [5.74, 6) is -0.627. The average Bonchev–Trinajstić information content (AvgIpc) is 2.91. The summed E-state index contributed by atoms with van der Waals surface area (Å²) in [6.45, 7) is 4.00. The number of carbonyl (C=O) groups is 1. The van der Waals surface area contributed by atoms with E-state index in [1.165, 1.54) is 32.0 Å². The zero-order chi connectivity index (χ0) is 13.7. The smallest absolute Gasteiger partial charge is 0.251 e. The first-order valence-electron chi connectivity index (χ1n) is 6.62. The summed E-state index contributed by atoms with van der Waals surface area (Å²) >= 11 is 3.07. The van der Waals surface area contributed by atoms with Crippen LogP contribution in [0.4, 0.5) is 4.39 Å². The van der Waals surface area contributed by atoms with E-state index in [4.69, 9.17) is 0 Å². The third kappa shape index (κ3) is 4.28. The van der Waals surface area contributed by atoms with Gasteiger partial charge in [0.25, 0.3) is 5.91 Å². The number of hydrogen-bond donors (Lipinski definition) is 1. The maximum absolute atomic E-state index is 13.3. The molecule has 1 aliphatic rings. The minimum absolute atomic E-state index is 0.215. The summed E-state index contributed by atoms with van der Waals surface area (Å²) in [6.07, 6.45) is 3.50. The molecule has 0 bridgehead atoms. The molecule has 3 nitrogen and oxygen atoms in total. The predicted octanol–water partition coefficient (Wildman–Crippen LogP) is 2.80. The summed E-state index contributed by atoms with van der Waals surface area (Å²) < 4.78 is 13.7. The molecule has 0 atom stereocenters. The van der Waals surface area contributed by atoms with Crippen molar-refractivity contribution in [3.8, 4) is 0 Å². The third-order valence-electron chi connectivity index (χ3n) is 3.32. The molecule has 1 aromatic rings. The first kappa shape index (κ1) is 14.5. The number of benzene rings is 1. The summed E-state index contributed by atoms with van der Waals surface area (Å²) in [4.78, 5) is 14.2. The lowest BCUT2D eigenvalue weighted by Gasteiger charge is -2.14. The summed E-state index contributed by atoms with van der Waals surface area (Å²) in [6, 6.07) is 4.41. The molecule has 0 spiro atoms. The van der Waals surface area contributed by atoms with Crippen LogP contribution in [0.1, 0.15) is 29.6 Å². The molecule has 0 aromatic heterocycles. The van der Waals surface area contributed by atoms with Crippen molar-refractivity contribution < 1.29 is 9.18 Å². The van der Waals surface area contributed by atoms with Gasteiger partial charge in [-0.1, -0.05) is 0 Å². The van der Waals surface area contributed by atoms with Crippen LogP contribution in [0.3, 0.4) is 0 Å². The van der Waals surface area contributed by atoms with Gasteiger partial charge in [-0.05, 0) is 73.0 Å². The molecule has 5 heteroatoms. The van der Waals surface area contributed by atoms with Gasteiger partial charge in [-0.2, -0.15) is 0 Å². The Morgan fingerprint density at radius 1 is 1.37 bits per heavy atom. The van der Waals surface area contributed by atoms with Gasteiger partial charge in [-0.15, -0.1) is 0 Å². The Hall–Kier alpha value is -0.940. The van der Waals surface area contributed by atoms with Crippen LogP contribution in [0.25, 0.3) is 0 Å². The van der Waals surface area contributed by atoms with Crippen molar-refractivity contribution in [1.82, 2.24) is 10.2 Å². The van der Waals surface area contributed by atoms with Gasteiger partial charge in [0, 0.05) is 12.1 Å². The first-order chi connectivity index (χ1) is 9.16. The number of carbonyl (C=O) groups excluding carboxylic acids is 1. The van der Waals surface area contributed by atoms with Crippen LogP contribution in [0, 0.1) is 5.82 Å². The lowest BCUT2D eigenvalue weighted by Crippen LogP contribution is -2.28. The van der Waals surface area contributed by atoms with Crippen molar-refractivity contribution in [1.29, 1.82) is 0 Å². The highest BCUT2D eigenvalue weighted by Crippen LogP contribution is 2.16. The lowest BCUT2D eigenvalue weighted by atomic mass is 10.2. The van der Waals surface area contributed by atoms with Crippen LogP contribution in [-0.4, -0.2) is 37.0 Å². The monoisotopic (exact) mass is 328 g/mol. The van der Waals surface area contributed by atoms with Crippen molar-refractivity contribution in [2.24, 2.45) is 0 Å². The Labute approximate surface area is 121 Å². The van der Waals surface area contributed by atoms with E-state index in [9.17, 15) is 9.18 Å². The number of hydrogen-bond acceptors (Lipinski definition) is 2. The Balaban J connectivity index is 1.72. The minimum atomic E-state index is -0.412. The fourth-order valence-electron chi connectivity index (χ4n) is 2.25. The molecular formula is C14H18BrFN2O.